The molecule has 2 heterocycles. The summed E-state index contributed by atoms with van der Waals surface area (Å²) in [6, 6.07) is 9.42. The highest BCUT2D eigenvalue weighted by molar-refractivity contribution is 6.10. The molecule has 78 valence electrons. The van der Waals surface area contributed by atoms with E-state index in [9.17, 15) is 4.79 Å². The summed E-state index contributed by atoms with van der Waals surface area (Å²) in [5, 5.41) is 0. The molecule has 1 atom stereocenters. The number of hydrogen-bond donors (Lipinski definition) is 0. The molecule has 0 N–H and O–H groups in total. The third kappa shape index (κ3) is 1.29. The molecule has 0 spiro atoms. The topological polar surface area (TPSA) is 32.7 Å². The van der Waals surface area contributed by atoms with Gasteiger partial charge in [-0.2, -0.15) is 4.99 Å². The lowest BCUT2D eigenvalue weighted by molar-refractivity contribution is -0.120. The smallest absolute Gasteiger partial charge is 0.275 e. The predicted octanol–water partition coefficient (Wildman–Crippen LogP) is 2.05. The highest BCUT2D eigenvalue weighted by atomic mass is 16.2. The minimum absolute atomic E-state index is 0.0996. The van der Waals surface area contributed by atoms with Crippen LogP contribution in [-0.4, -0.2) is 16.6 Å². The third-order valence-corrected chi connectivity index (χ3v) is 2.72. The lowest BCUT2D eigenvalue weighted by Crippen LogP contribution is -2.27. The Balaban J connectivity index is 2.02. The van der Waals surface area contributed by atoms with Crippen LogP contribution >= 0.6 is 0 Å². The van der Waals surface area contributed by atoms with Gasteiger partial charge >= 0.3 is 0 Å². The Hall–Kier alpha value is -2.16. The zero-order chi connectivity index (χ0) is 11.0. The number of amides is 1. The SMILES string of the molecule is O=C1N=C2C=CC=CN2C1c1ccccc1. The molecule has 2 aliphatic heterocycles. The molecule has 0 saturated carbocycles. The van der Waals surface area contributed by atoms with E-state index < -0.39 is 0 Å². The summed E-state index contributed by atoms with van der Waals surface area (Å²) in [7, 11) is 0. The van der Waals surface area contributed by atoms with E-state index >= 15 is 0 Å². The van der Waals surface area contributed by atoms with Crippen molar-refractivity contribution in [1.29, 1.82) is 0 Å². The van der Waals surface area contributed by atoms with Crippen molar-refractivity contribution >= 4 is 11.7 Å². The molecule has 1 aromatic carbocycles. The summed E-state index contributed by atoms with van der Waals surface area (Å²) in [5.74, 6) is 0.624. The molecule has 3 rings (SSSR count). The highest BCUT2D eigenvalue weighted by Crippen LogP contribution is 2.29. The zero-order valence-corrected chi connectivity index (χ0v) is 8.58. The van der Waals surface area contributed by atoms with Crippen LogP contribution in [0, 0.1) is 0 Å². The molecule has 16 heavy (non-hydrogen) atoms. The summed E-state index contributed by atoms with van der Waals surface area (Å²) in [6.45, 7) is 0. The molecular weight excluding hydrogens is 200 g/mol. The fraction of sp³-hybridized carbons (Fsp3) is 0.0769. The van der Waals surface area contributed by atoms with E-state index in [-0.39, 0.29) is 11.9 Å². The minimum Gasteiger partial charge on any atom is -0.316 e. The minimum atomic E-state index is -0.294. The molecule has 0 fully saturated rings. The number of carbonyl (C=O) groups is 1. The zero-order valence-electron chi connectivity index (χ0n) is 8.58. The fourth-order valence-electron chi connectivity index (χ4n) is 1.99. The molecule has 0 saturated heterocycles. The first-order valence-corrected chi connectivity index (χ1v) is 5.17. The molecule has 0 radical (unpaired) electrons. The fourth-order valence-corrected chi connectivity index (χ4v) is 1.99. The normalized spacial score (nSPS) is 22.2. The summed E-state index contributed by atoms with van der Waals surface area (Å²) < 4.78 is 0. The monoisotopic (exact) mass is 210 g/mol. The molecule has 0 bridgehead atoms. The number of allylic oxidation sites excluding steroid dienone is 2. The third-order valence-electron chi connectivity index (χ3n) is 2.72. The predicted molar refractivity (Wildman–Crippen MR) is 61.7 cm³/mol. The van der Waals surface area contributed by atoms with Gasteiger partial charge in [0, 0.05) is 6.20 Å². The number of hydrogen-bond acceptors (Lipinski definition) is 2. The van der Waals surface area contributed by atoms with Crippen LogP contribution in [0.3, 0.4) is 0 Å². The molecule has 3 nitrogen and oxygen atoms in total. The number of benzene rings is 1. The second-order valence-corrected chi connectivity index (χ2v) is 3.73. The first-order chi connectivity index (χ1) is 7.86. The molecule has 1 unspecified atom stereocenters. The lowest BCUT2D eigenvalue weighted by atomic mass is 10.1. The molecule has 3 heteroatoms. The van der Waals surface area contributed by atoms with Crippen LogP contribution < -0.4 is 0 Å². The van der Waals surface area contributed by atoms with Gasteiger partial charge in [-0.05, 0) is 17.7 Å². The molecule has 1 aromatic rings. The maximum Gasteiger partial charge on any atom is 0.275 e. The Morgan fingerprint density at radius 1 is 1.12 bits per heavy atom. The first kappa shape index (κ1) is 9.09. The average Bonchev–Trinajstić information content (AvgIpc) is 2.66. The van der Waals surface area contributed by atoms with Crippen LogP contribution in [0.2, 0.25) is 0 Å². The molecule has 1 amide bonds. The van der Waals surface area contributed by atoms with Crippen LogP contribution in [-0.2, 0) is 4.79 Å². The van der Waals surface area contributed by atoms with Gasteiger partial charge in [0.1, 0.15) is 11.9 Å². The van der Waals surface area contributed by atoms with Gasteiger partial charge in [0.05, 0.1) is 0 Å². The maximum absolute atomic E-state index is 11.8. The van der Waals surface area contributed by atoms with Gasteiger partial charge in [0.2, 0.25) is 0 Å². The van der Waals surface area contributed by atoms with E-state index in [4.69, 9.17) is 0 Å². The Morgan fingerprint density at radius 2 is 1.94 bits per heavy atom. The van der Waals surface area contributed by atoms with E-state index in [2.05, 4.69) is 4.99 Å². The average molecular weight is 210 g/mol. The standard InChI is InChI=1S/C13H10N2O/c16-13-12(10-6-2-1-3-7-10)15-9-5-4-8-11(15)14-13/h1-9,12H. The van der Waals surface area contributed by atoms with Crippen LogP contribution in [0.15, 0.2) is 59.8 Å². The van der Waals surface area contributed by atoms with Gasteiger partial charge in [-0.1, -0.05) is 36.4 Å². The van der Waals surface area contributed by atoms with E-state index in [1.165, 1.54) is 0 Å². The van der Waals surface area contributed by atoms with E-state index in [0.717, 1.165) is 11.4 Å². The van der Waals surface area contributed by atoms with Crippen LogP contribution in [0.1, 0.15) is 11.6 Å². The van der Waals surface area contributed by atoms with Gasteiger partial charge in [0.15, 0.2) is 0 Å². The van der Waals surface area contributed by atoms with E-state index in [1.807, 2.05) is 59.7 Å². The maximum atomic E-state index is 11.8. The number of fused-ring (bicyclic) bond motifs is 1. The summed E-state index contributed by atoms with van der Waals surface area (Å²) in [4.78, 5) is 17.8. The lowest BCUT2D eigenvalue weighted by Gasteiger charge is -2.23. The van der Waals surface area contributed by atoms with Crippen molar-refractivity contribution in [1.82, 2.24) is 4.90 Å². The molecule has 0 aliphatic carbocycles. The number of amidine groups is 1. The van der Waals surface area contributed by atoms with Crippen molar-refractivity contribution in [2.75, 3.05) is 0 Å². The van der Waals surface area contributed by atoms with Gasteiger partial charge in [-0.25, -0.2) is 0 Å². The Morgan fingerprint density at radius 3 is 2.75 bits per heavy atom. The molecule has 0 aromatic heterocycles. The summed E-state index contributed by atoms with van der Waals surface area (Å²) in [5.41, 5.74) is 0.978. The van der Waals surface area contributed by atoms with Crippen LogP contribution in [0.5, 0.6) is 0 Å². The second-order valence-electron chi connectivity index (χ2n) is 3.73. The van der Waals surface area contributed by atoms with Gasteiger partial charge in [0.25, 0.3) is 5.91 Å². The largest absolute Gasteiger partial charge is 0.316 e. The van der Waals surface area contributed by atoms with Gasteiger partial charge in [-0.3, -0.25) is 4.79 Å². The quantitative estimate of drug-likeness (QED) is 0.710. The Bertz CT molecular complexity index is 514. The van der Waals surface area contributed by atoms with Crippen molar-refractivity contribution < 1.29 is 4.79 Å². The van der Waals surface area contributed by atoms with Crippen molar-refractivity contribution in [2.45, 2.75) is 6.04 Å². The van der Waals surface area contributed by atoms with Crippen molar-refractivity contribution in [3.05, 3.63) is 60.3 Å². The molecular formula is C13H10N2O. The van der Waals surface area contributed by atoms with E-state index in [0.29, 0.717) is 0 Å². The Kier molecular flexibility index (Phi) is 1.96. The number of rotatable bonds is 1. The summed E-state index contributed by atoms with van der Waals surface area (Å²) >= 11 is 0. The van der Waals surface area contributed by atoms with Gasteiger partial charge in [-0.15, -0.1) is 0 Å². The first-order valence-electron chi connectivity index (χ1n) is 5.17. The number of carbonyl (C=O) groups excluding carboxylic acids is 1. The number of nitrogens with zero attached hydrogens (tertiary/aromatic N) is 2. The highest BCUT2D eigenvalue weighted by Gasteiger charge is 2.34. The van der Waals surface area contributed by atoms with Crippen LogP contribution in [0.4, 0.5) is 0 Å². The van der Waals surface area contributed by atoms with Crippen molar-refractivity contribution in [2.24, 2.45) is 4.99 Å². The van der Waals surface area contributed by atoms with Crippen molar-refractivity contribution in [3.8, 4) is 0 Å². The van der Waals surface area contributed by atoms with Crippen LogP contribution in [0.25, 0.3) is 0 Å². The Labute approximate surface area is 93.4 Å². The molecule has 2 aliphatic rings. The summed E-state index contributed by atoms with van der Waals surface area (Å²) in [6.07, 6.45) is 7.53. The second kappa shape index (κ2) is 3.45. The van der Waals surface area contributed by atoms with Crippen molar-refractivity contribution in [3.63, 3.8) is 0 Å². The van der Waals surface area contributed by atoms with E-state index in [1.54, 1.807) is 0 Å². The van der Waals surface area contributed by atoms with Gasteiger partial charge < -0.3 is 4.90 Å². The number of aliphatic imine (C=N–C) groups is 1.